The van der Waals surface area contributed by atoms with Crippen LogP contribution in [0.2, 0.25) is 0 Å². The quantitative estimate of drug-likeness (QED) is 0.662. The summed E-state index contributed by atoms with van der Waals surface area (Å²) in [6, 6.07) is 18.3. The van der Waals surface area contributed by atoms with Crippen LogP contribution in [0.4, 0.5) is 0 Å². The molecule has 102 valence electrons. The smallest absolute Gasteiger partial charge is 0.129 e. The van der Waals surface area contributed by atoms with Gasteiger partial charge in [-0.2, -0.15) is 0 Å². The van der Waals surface area contributed by atoms with Gasteiger partial charge in [0.25, 0.3) is 0 Å². The highest BCUT2D eigenvalue weighted by Crippen LogP contribution is 2.30. The number of aromatic amines is 1. The number of aromatic nitrogens is 1. The molecule has 0 saturated carbocycles. The van der Waals surface area contributed by atoms with Crippen molar-refractivity contribution in [2.45, 2.75) is 12.5 Å². The SMILES string of the molecule is ClCC[C@H](Oc1cccc2[nH]ccc12)c1ccccc1. The molecule has 3 rings (SSSR count). The Bertz CT molecular complexity index is 678. The number of rotatable bonds is 5. The highest BCUT2D eigenvalue weighted by atomic mass is 35.5. The number of halogens is 1. The number of fused-ring (bicyclic) bond motifs is 1. The first kappa shape index (κ1) is 13.1. The molecule has 0 spiro atoms. The van der Waals surface area contributed by atoms with Gasteiger partial charge in [0.2, 0.25) is 0 Å². The zero-order valence-corrected chi connectivity index (χ0v) is 11.8. The van der Waals surface area contributed by atoms with Crippen LogP contribution in [0.25, 0.3) is 10.9 Å². The molecule has 0 aliphatic rings. The van der Waals surface area contributed by atoms with Crippen molar-refractivity contribution in [2.24, 2.45) is 0 Å². The van der Waals surface area contributed by atoms with E-state index in [1.807, 2.05) is 48.7 Å². The van der Waals surface area contributed by atoms with Crippen LogP contribution in [-0.4, -0.2) is 10.9 Å². The van der Waals surface area contributed by atoms with Crippen LogP contribution in [0.1, 0.15) is 18.1 Å². The van der Waals surface area contributed by atoms with E-state index in [9.17, 15) is 0 Å². The summed E-state index contributed by atoms with van der Waals surface area (Å²) >= 11 is 5.92. The van der Waals surface area contributed by atoms with Gasteiger partial charge >= 0.3 is 0 Å². The van der Waals surface area contributed by atoms with E-state index < -0.39 is 0 Å². The fourth-order valence-electron chi connectivity index (χ4n) is 2.37. The third-order valence-electron chi connectivity index (χ3n) is 3.37. The van der Waals surface area contributed by atoms with Crippen molar-refractivity contribution in [3.8, 4) is 5.75 Å². The molecule has 2 aromatic carbocycles. The van der Waals surface area contributed by atoms with Crippen LogP contribution in [0.3, 0.4) is 0 Å². The Kier molecular flexibility index (Phi) is 3.93. The first-order chi connectivity index (χ1) is 9.88. The summed E-state index contributed by atoms with van der Waals surface area (Å²) in [4.78, 5) is 3.20. The Morgan fingerprint density at radius 1 is 1.00 bits per heavy atom. The molecule has 0 amide bonds. The van der Waals surface area contributed by atoms with Crippen molar-refractivity contribution in [1.82, 2.24) is 4.98 Å². The van der Waals surface area contributed by atoms with E-state index in [-0.39, 0.29) is 6.10 Å². The molecule has 0 bridgehead atoms. The Morgan fingerprint density at radius 2 is 1.85 bits per heavy atom. The maximum absolute atomic E-state index is 6.21. The second-order valence-electron chi connectivity index (χ2n) is 4.69. The van der Waals surface area contributed by atoms with E-state index in [1.165, 1.54) is 0 Å². The van der Waals surface area contributed by atoms with Gasteiger partial charge in [-0.25, -0.2) is 0 Å². The highest BCUT2D eigenvalue weighted by Gasteiger charge is 2.14. The minimum Gasteiger partial charge on any atom is -0.485 e. The molecular formula is C17H16ClNO. The van der Waals surface area contributed by atoms with Gasteiger partial charge in [0.1, 0.15) is 11.9 Å². The van der Waals surface area contributed by atoms with Crippen molar-refractivity contribution in [2.75, 3.05) is 5.88 Å². The molecule has 1 atom stereocenters. The fraction of sp³-hybridized carbons (Fsp3) is 0.176. The van der Waals surface area contributed by atoms with Crippen molar-refractivity contribution in [1.29, 1.82) is 0 Å². The summed E-state index contributed by atoms with van der Waals surface area (Å²) in [5.74, 6) is 1.46. The number of alkyl halides is 1. The molecule has 1 N–H and O–H groups in total. The number of ether oxygens (including phenoxy) is 1. The van der Waals surface area contributed by atoms with Crippen LogP contribution in [0.5, 0.6) is 5.75 Å². The molecule has 0 unspecified atom stereocenters. The zero-order chi connectivity index (χ0) is 13.8. The van der Waals surface area contributed by atoms with E-state index in [0.29, 0.717) is 5.88 Å². The van der Waals surface area contributed by atoms with E-state index in [2.05, 4.69) is 17.1 Å². The molecule has 0 aliphatic carbocycles. The van der Waals surface area contributed by atoms with Gasteiger partial charge in [-0.1, -0.05) is 36.4 Å². The topological polar surface area (TPSA) is 25.0 Å². The second-order valence-corrected chi connectivity index (χ2v) is 5.07. The normalized spacial score (nSPS) is 12.4. The number of nitrogens with one attached hydrogen (secondary N) is 1. The molecule has 0 fully saturated rings. The van der Waals surface area contributed by atoms with Crippen molar-refractivity contribution >= 4 is 22.5 Å². The molecule has 0 aliphatic heterocycles. The van der Waals surface area contributed by atoms with Crippen LogP contribution >= 0.6 is 11.6 Å². The van der Waals surface area contributed by atoms with Gasteiger partial charge in [-0.05, 0) is 23.8 Å². The molecule has 3 heteroatoms. The third-order valence-corrected chi connectivity index (χ3v) is 3.59. The van der Waals surface area contributed by atoms with Crippen LogP contribution in [-0.2, 0) is 0 Å². The molecule has 0 radical (unpaired) electrons. The third kappa shape index (κ3) is 2.66. The Hall–Kier alpha value is -1.93. The average molecular weight is 286 g/mol. The summed E-state index contributed by atoms with van der Waals surface area (Å²) in [7, 11) is 0. The molecule has 20 heavy (non-hydrogen) atoms. The predicted octanol–water partition coefficient (Wildman–Crippen LogP) is 4.92. The monoisotopic (exact) mass is 285 g/mol. The van der Waals surface area contributed by atoms with E-state index >= 15 is 0 Å². The van der Waals surface area contributed by atoms with Gasteiger partial charge in [-0.3, -0.25) is 0 Å². The summed E-state index contributed by atoms with van der Waals surface area (Å²) in [6.07, 6.45) is 2.69. The Balaban J connectivity index is 1.92. The highest BCUT2D eigenvalue weighted by molar-refractivity contribution is 6.17. The summed E-state index contributed by atoms with van der Waals surface area (Å²) < 4.78 is 6.21. The van der Waals surface area contributed by atoms with Gasteiger partial charge in [0.15, 0.2) is 0 Å². The van der Waals surface area contributed by atoms with Gasteiger partial charge < -0.3 is 9.72 Å². The van der Waals surface area contributed by atoms with Crippen molar-refractivity contribution in [3.05, 3.63) is 66.4 Å². The summed E-state index contributed by atoms with van der Waals surface area (Å²) in [5, 5.41) is 1.10. The minimum absolute atomic E-state index is 0.0193. The van der Waals surface area contributed by atoms with E-state index in [1.54, 1.807) is 0 Å². The molecule has 2 nitrogen and oxygen atoms in total. The lowest BCUT2D eigenvalue weighted by molar-refractivity contribution is 0.205. The van der Waals surface area contributed by atoms with E-state index in [4.69, 9.17) is 16.3 Å². The second kappa shape index (κ2) is 6.02. The van der Waals surface area contributed by atoms with E-state index in [0.717, 1.165) is 28.6 Å². The first-order valence-corrected chi connectivity index (χ1v) is 7.25. The predicted molar refractivity (Wildman–Crippen MR) is 83.4 cm³/mol. The van der Waals surface area contributed by atoms with Gasteiger partial charge in [0.05, 0.1) is 0 Å². The molecular weight excluding hydrogens is 270 g/mol. The van der Waals surface area contributed by atoms with Gasteiger partial charge in [0, 0.05) is 29.4 Å². The standard InChI is InChI=1S/C17H16ClNO/c18-11-9-16(13-5-2-1-3-6-13)20-17-8-4-7-15-14(17)10-12-19-15/h1-8,10,12,16,19H,9,11H2/t16-/m0/s1. The Morgan fingerprint density at radius 3 is 2.65 bits per heavy atom. The van der Waals surface area contributed by atoms with Crippen LogP contribution in [0, 0.1) is 0 Å². The molecule has 1 aromatic heterocycles. The fourth-order valence-corrected chi connectivity index (χ4v) is 2.57. The maximum atomic E-state index is 6.21. The number of benzene rings is 2. The number of hydrogen-bond acceptors (Lipinski definition) is 1. The Labute approximate surface area is 123 Å². The lowest BCUT2D eigenvalue weighted by atomic mass is 10.1. The average Bonchev–Trinajstić information content (AvgIpc) is 2.97. The van der Waals surface area contributed by atoms with Crippen molar-refractivity contribution in [3.63, 3.8) is 0 Å². The number of H-pyrrole nitrogens is 1. The zero-order valence-electron chi connectivity index (χ0n) is 11.1. The lowest BCUT2D eigenvalue weighted by Crippen LogP contribution is -2.08. The molecule has 1 heterocycles. The van der Waals surface area contributed by atoms with Gasteiger partial charge in [-0.15, -0.1) is 11.6 Å². The lowest BCUT2D eigenvalue weighted by Gasteiger charge is -2.19. The van der Waals surface area contributed by atoms with Crippen LogP contribution in [0.15, 0.2) is 60.8 Å². The largest absolute Gasteiger partial charge is 0.485 e. The number of hydrogen-bond donors (Lipinski definition) is 1. The van der Waals surface area contributed by atoms with Crippen molar-refractivity contribution < 1.29 is 4.74 Å². The van der Waals surface area contributed by atoms with Crippen LogP contribution < -0.4 is 4.74 Å². The minimum atomic E-state index is -0.0193. The summed E-state index contributed by atoms with van der Waals surface area (Å²) in [6.45, 7) is 0. The maximum Gasteiger partial charge on any atom is 0.129 e. The first-order valence-electron chi connectivity index (χ1n) is 6.72. The molecule has 0 saturated heterocycles. The molecule has 3 aromatic rings. The summed E-state index contributed by atoms with van der Waals surface area (Å²) in [5.41, 5.74) is 2.24.